The van der Waals surface area contributed by atoms with E-state index in [1.165, 1.54) is 16.2 Å². The number of nitrogens with zero attached hydrogens (tertiary/aromatic N) is 1. The Morgan fingerprint density at radius 1 is 1.06 bits per heavy atom. The van der Waals surface area contributed by atoms with Crippen molar-refractivity contribution in [1.82, 2.24) is 4.90 Å². The molecule has 0 radical (unpaired) electrons. The smallest absolute Gasteiger partial charge is 0.295 e. The second-order valence-electron chi connectivity index (χ2n) is 7.42. The molecule has 162 valence electrons. The summed E-state index contributed by atoms with van der Waals surface area (Å²) in [6, 6.07) is 14.9. The number of Topliss-reactive ketones (excluding diaryl/α,β-unsaturated/α-hetero) is 1. The van der Waals surface area contributed by atoms with Crippen LogP contribution in [0.2, 0.25) is 5.02 Å². The van der Waals surface area contributed by atoms with Crippen LogP contribution in [0.15, 0.2) is 65.6 Å². The van der Waals surface area contributed by atoms with Crippen molar-refractivity contribution in [2.45, 2.75) is 12.6 Å². The number of halogens is 1. The third-order valence-corrected chi connectivity index (χ3v) is 6.56. The molecule has 1 N–H and O–H groups in total. The van der Waals surface area contributed by atoms with Gasteiger partial charge in [-0.2, -0.15) is 0 Å². The first kappa shape index (κ1) is 20.6. The van der Waals surface area contributed by atoms with Gasteiger partial charge in [0.15, 0.2) is 11.5 Å². The number of fused-ring (bicyclic) bond motifs is 1. The van der Waals surface area contributed by atoms with Crippen molar-refractivity contribution in [3.8, 4) is 11.5 Å². The Morgan fingerprint density at radius 3 is 2.53 bits per heavy atom. The van der Waals surface area contributed by atoms with Crippen LogP contribution < -0.4 is 9.47 Å². The van der Waals surface area contributed by atoms with Crippen LogP contribution in [-0.4, -0.2) is 34.9 Å². The highest BCUT2D eigenvalue weighted by Gasteiger charge is 2.46. The van der Waals surface area contributed by atoms with Crippen molar-refractivity contribution >= 4 is 40.4 Å². The number of aliphatic hydroxyl groups excluding tert-OH is 1. The Labute approximate surface area is 193 Å². The van der Waals surface area contributed by atoms with E-state index < -0.39 is 17.7 Å². The maximum atomic E-state index is 13.1. The van der Waals surface area contributed by atoms with Crippen molar-refractivity contribution in [2.75, 3.05) is 13.2 Å². The van der Waals surface area contributed by atoms with Gasteiger partial charge in [0.25, 0.3) is 11.7 Å². The standard InChI is InChI=1S/C24H18ClNO5S/c25-16-6-3-14(4-7-16)21-20(23(28)24(29)26(21)13-17-2-1-11-32-17)22(27)15-5-8-18-19(12-15)31-10-9-30-18/h1-8,11-12,21,27H,9-10,13H2/b22-20+. The van der Waals surface area contributed by atoms with Gasteiger partial charge in [-0.25, -0.2) is 0 Å². The molecule has 2 aromatic carbocycles. The molecule has 8 heteroatoms. The summed E-state index contributed by atoms with van der Waals surface area (Å²) in [4.78, 5) is 28.6. The second-order valence-corrected chi connectivity index (χ2v) is 8.89. The Kier molecular flexibility index (Phi) is 5.36. The molecule has 3 heterocycles. The van der Waals surface area contributed by atoms with E-state index in [1.54, 1.807) is 42.5 Å². The number of amides is 1. The average Bonchev–Trinajstić information content (AvgIpc) is 3.41. The minimum atomic E-state index is -0.748. The number of carbonyl (C=O) groups is 2. The van der Waals surface area contributed by atoms with E-state index in [1.807, 2.05) is 17.5 Å². The molecule has 0 bridgehead atoms. The highest BCUT2D eigenvalue weighted by Crippen LogP contribution is 2.42. The van der Waals surface area contributed by atoms with E-state index in [0.29, 0.717) is 40.9 Å². The van der Waals surface area contributed by atoms with Gasteiger partial charge in [-0.05, 0) is 47.3 Å². The molecule has 1 aromatic heterocycles. The van der Waals surface area contributed by atoms with Gasteiger partial charge in [0.05, 0.1) is 18.2 Å². The van der Waals surface area contributed by atoms with Crippen LogP contribution >= 0.6 is 22.9 Å². The molecule has 1 saturated heterocycles. The lowest BCUT2D eigenvalue weighted by Crippen LogP contribution is -2.28. The molecule has 2 aliphatic heterocycles. The largest absolute Gasteiger partial charge is 0.507 e. The van der Waals surface area contributed by atoms with Crippen LogP contribution in [0.1, 0.15) is 22.0 Å². The van der Waals surface area contributed by atoms with E-state index >= 15 is 0 Å². The summed E-state index contributed by atoms with van der Waals surface area (Å²) in [5.41, 5.74) is 1.09. The van der Waals surface area contributed by atoms with Crippen LogP contribution in [0.25, 0.3) is 5.76 Å². The first-order valence-electron chi connectivity index (χ1n) is 9.99. The quantitative estimate of drug-likeness (QED) is 0.339. The summed E-state index contributed by atoms with van der Waals surface area (Å²) in [5, 5.41) is 13.7. The molecule has 3 aromatic rings. The highest BCUT2D eigenvalue weighted by molar-refractivity contribution is 7.09. The Bertz CT molecular complexity index is 1220. The second kappa shape index (κ2) is 8.33. The zero-order valence-electron chi connectivity index (χ0n) is 16.8. The van der Waals surface area contributed by atoms with Crippen LogP contribution in [0.5, 0.6) is 11.5 Å². The summed E-state index contributed by atoms with van der Waals surface area (Å²) in [5.74, 6) is -0.586. The molecule has 1 fully saturated rings. The molecule has 5 rings (SSSR count). The molecule has 2 aliphatic rings. The minimum absolute atomic E-state index is 0.0329. The number of hydrogen-bond donors (Lipinski definition) is 1. The lowest BCUT2D eigenvalue weighted by molar-refractivity contribution is -0.140. The highest BCUT2D eigenvalue weighted by atomic mass is 35.5. The number of likely N-dealkylation sites (tertiary alicyclic amines) is 1. The topological polar surface area (TPSA) is 76.1 Å². The predicted molar refractivity (Wildman–Crippen MR) is 121 cm³/mol. The van der Waals surface area contributed by atoms with Crippen molar-refractivity contribution in [3.63, 3.8) is 0 Å². The van der Waals surface area contributed by atoms with Crippen LogP contribution in [0.4, 0.5) is 0 Å². The Hall–Kier alpha value is -3.29. The Morgan fingerprint density at radius 2 is 1.81 bits per heavy atom. The summed E-state index contributed by atoms with van der Waals surface area (Å²) in [6.07, 6.45) is 0. The van der Waals surface area contributed by atoms with E-state index in [2.05, 4.69) is 0 Å². The van der Waals surface area contributed by atoms with Crippen molar-refractivity contribution in [2.24, 2.45) is 0 Å². The van der Waals surface area contributed by atoms with Crippen LogP contribution in [0, 0.1) is 0 Å². The molecule has 0 aliphatic carbocycles. The summed E-state index contributed by atoms with van der Waals surface area (Å²) >= 11 is 7.56. The number of aliphatic hydroxyl groups is 1. The number of thiophene rings is 1. The fourth-order valence-corrected chi connectivity index (χ4v) is 4.78. The molecule has 1 atom stereocenters. The van der Waals surface area contributed by atoms with Crippen molar-refractivity contribution < 1.29 is 24.2 Å². The first-order chi connectivity index (χ1) is 15.5. The number of ether oxygens (including phenoxy) is 2. The van der Waals surface area contributed by atoms with E-state index in [-0.39, 0.29) is 17.9 Å². The van der Waals surface area contributed by atoms with Crippen molar-refractivity contribution in [3.05, 3.63) is 86.6 Å². The van der Waals surface area contributed by atoms with Gasteiger partial charge >= 0.3 is 0 Å². The predicted octanol–water partition coefficient (Wildman–Crippen LogP) is 4.79. The molecular weight excluding hydrogens is 450 g/mol. The third-order valence-electron chi connectivity index (χ3n) is 5.45. The third kappa shape index (κ3) is 3.63. The average molecular weight is 468 g/mol. The SMILES string of the molecule is O=C1C(=O)N(Cc2cccs2)C(c2ccc(Cl)cc2)/C1=C(\O)c1ccc2c(c1)OCCO2. The number of carbonyl (C=O) groups excluding carboxylic acids is 2. The van der Waals surface area contributed by atoms with Crippen LogP contribution in [-0.2, 0) is 16.1 Å². The van der Waals surface area contributed by atoms with Crippen LogP contribution in [0.3, 0.4) is 0 Å². The van der Waals surface area contributed by atoms with E-state index in [0.717, 1.165) is 4.88 Å². The molecular formula is C24H18ClNO5S. The monoisotopic (exact) mass is 467 g/mol. The Balaban J connectivity index is 1.63. The minimum Gasteiger partial charge on any atom is -0.507 e. The summed E-state index contributed by atoms with van der Waals surface area (Å²) in [7, 11) is 0. The van der Waals surface area contributed by atoms with E-state index in [9.17, 15) is 14.7 Å². The number of ketones is 1. The fourth-order valence-electron chi connectivity index (χ4n) is 3.95. The number of rotatable bonds is 4. The molecule has 6 nitrogen and oxygen atoms in total. The zero-order chi connectivity index (χ0) is 22.2. The van der Waals surface area contributed by atoms with Gasteiger partial charge in [0, 0.05) is 15.5 Å². The lowest BCUT2D eigenvalue weighted by atomic mass is 9.95. The molecule has 1 unspecified atom stereocenters. The van der Waals surface area contributed by atoms with Gasteiger partial charge in [0.2, 0.25) is 0 Å². The van der Waals surface area contributed by atoms with Gasteiger partial charge in [-0.1, -0.05) is 29.8 Å². The van der Waals surface area contributed by atoms with Gasteiger partial charge in [-0.15, -0.1) is 11.3 Å². The van der Waals surface area contributed by atoms with E-state index in [4.69, 9.17) is 21.1 Å². The zero-order valence-corrected chi connectivity index (χ0v) is 18.4. The fraction of sp³-hybridized carbons (Fsp3) is 0.167. The molecule has 0 spiro atoms. The lowest BCUT2D eigenvalue weighted by Gasteiger charge is -2.25. The number of hydrogen-bond acceptors (Lipinski definition) is 6. The van der Waals surface area contributed by atoms with Crippen molar-refractivity contribution in [1.29, 1.82) is 0 Å². The summed E-state index contributed by atoms with van der Waals surface area (Å²) in [6.45, 7) is 1.10. The van der Waals surface area contributed by atoms with Gasteiger partial charge in [-0.3, -0.25) is 9.59 Å². The van der Waals surface area contributed by atoms with Gasteiger partial charge in [0.1, 0.15) is 19.0 Å². The summed E-state index contributed by atoms with van der Waals surface area (Å²) < 4.78 is 11.1. The first-order valence-corrected chi connectivity index (χ1v) is 11.2. The molecule has 1 amide bonds. The molecule has 0 saturated carbocycles. The van der Waals surface area contributed by atoms with Gasteiger partial charge < -0.3 is 19.5 Å². The normalized spacial score (nSPS) is 19.4. The number of benzene rings is 2. The maximum Gasteiger partial charge on any atom is 0.295 e. The maximum absolute atomic E-state index is 13.1. The molecule has 32 heavy (non-hydrogen) atoms.